The van der Waals surface area contributed by atoms with E-state index in [9.17, 15) is 0 Å². The van der Waals surface area contributed by atoms with Crippen LogP contribution in [0.1, 0.15) is 44.0 Å². The first-order valence-corrected chi connectivity index (χ1v) is 7.72. The quantitative estimate of drug-likeness (QED) is 0.942. The average molecular weight is 285 g/mol. The molecule has 0 bridgehead atoms. The molecule has 2 aromatic rings. The summed E-state index contributed by atoms with van der Waals surface area (Å²) in [5, 5.41) is 0. The summed E-state index contributed by atoms with van der Waals surface area (Å²) in [5.41, 5.74) is 3.03. The first-order chi connectivity index (χ1) is 10.1. The van der Waals surface area contributed by atoms with Gasteiger partial charge in [0.1, 0.15) is 5.69 Å². The minimum atomic E-state index is 0.440. The number of H-pyrrole nitrogens is 1. The van der Waals surface area contributed by atoms with Crippen LogP contribution < -0.4 is 0 Å². The van der Waals surface area contributed by atoms with E-state index in [-0.39, 0.29) is 0 Å². The second kappa shape index (κ2) is 5.93. The van der Waals surface area contributed by atoms with Crippen molar-refractivity contribution in [2.24, 2.45) is 0 Å². The molecule has 0 unspecified atom stereocenters. The van der Waals surface area contributed by atoms with Gasteiger partial charge < -0.3 is 9.88 Å². The fourth-order valence-electron chi connectivity index (χ4n) is 3.06. The number of aryl methyl sites for hydroxylation is 1. The molecular weight excluding hydrogens is 262 g/mol. The van der Waals surface area contributed by atoms with E-state index in [1.54, 1.807) is 12.4 Å². The standard InChI is InChI=1S/C16H23N5/c1-11(2)21-8-4-5-13(10-21)14-15(18-7-6-17-14)16-19-9-12(3)20-16/h6-7,9,11,13H,4-5,8,10H2,1-3H3,(H,19,20)/t13-/m0/s1. The Kier molecular flexibility index (Phi) is 4.01. The Hall–Kier alpha value is -1.75. The highest BCUT2D eigenvalue weighted by molar-refractivity contribution is 5.53. The largest absolute Gasteiger partial charge is 0.341 e. The first-order valence-electron chi connectivity index (χ1n) is 7.72. The molecule has 112 valence electrons. The van der Waals surface area contributed by atoms with Gasteiger partial charge in [0, 0.05) is 42.8 Å². The summed E-state index contributed by atoms with van der Waals surface area (Å²) in [4.78, 5) is 19.4. The van der Waals surface area contributed by atoms with E-state index >= 15 is 0 Å². The Bertz CT molecular complexity index is 604. The molecule has 1 aliphatic rings. The van der Waals surface area contributed by atoms with E-state index in [0.29, 0.717) is 12.0 Å². The summed E-state index contributed by atoms with van der Waals surface area (Å²) >= 11 is 0. The zero-order valence-corrected chi connectivity index (χ0v) is 13.0. The van der Waals surface area contributed by atoms with Crippen molar-refractivity contribution in [2.75, 3.05) is 13.1 Å². The highest BCUT2D eigenvalue weighted by Crippen LogP contribution is 2.31. The molecule has 5 nitrogen and oxygen atoms in total. The maximum Gasteiger partial charge on any atom is 0.158 e. The molecule has 0 aliphatic carbocycles. The third kappa shape index (κ3) is 2.97. The fraction of sp³-hybridized carbons (Fsp3) is 0.562. The van der Waals surface area contributed by atoms with Crippen LogP contribution in [-0.2, 0) is 0 Å². The van der Waals surface area contributed by atoms with Crippen molar-refractivity contribution < 1.29 is 0 Å². The van der Waals surface area contributed by atoms with Crippen LogP contribution in [0.3, 0.4) is 0 Å². The maximum atomic E-state index is 4.63. The highest BCUT2D eigenvalue weighted by Gasteiger charge is 2.27. The molecule has 1 aliphatic heterocycles. The topological polar surface area (TPSA) is 57.7 Å². The first kappa shape index (κ1) is 14.2. The van der Waals surface area contributed by atoms with Crippen LogP contribution in [0.25, 0.3) is 11.5 Å². The van der Waals surface area contributed by atoms with Gasteiger partial charge >= 0.3 is 0 Å². The predicted octanol–water partition coefficient (Wildman–Crippen LogP) is 2.76. The van der Waals surface area contributed by atoms with Gasteiger partial charge in [-0.25, -0.2) is 9.97 Å². The Labute approximate surface area is 125 Å². The number of nitrogens with zero attached hydrogens (tertiary/aromatic N) is 4. The monoisotopic (exact) mass is 285 g/mol. The van der Waals surface area contributed by atoms with E-state index in [2.05, 4.69) is 38.7 Å². The molecule has 0 radical (unpaired) electrons. The number of nitrogens with one attached hydrogen (secondary N) is 1. The number of aromatic nitrogens is 4. The number of imidazole rings is 1. The summed E-state index contributed by atoms with van der Waals surface area (Å²) < 4.78 is 0. The normalized spacial score (nSPS) is 20.1. The predicted molar refractivity (Wildman–Crippen MR) is 83.0 cm³/mol. The van der Waals surface area contributed by atoms with Crippen molar-refractivity contribution in [1.29, 1.82) is 0 Å². The van der Waals surface area contributed by atoms with Crippen LogP contribution in [0, 0.1) is 6.92 Å². The summed E-state index contributed by atoms with van der Waals surface area (Å²) in [7, 11) is 0. The van der Waals surface area contributed by atoms with Crippen molar-refractivity contribution in [3.63, 3.8) is 0 Å². The zero-order chi connectivity index (χ0) is 14.8. The number of hydrogen-bond acceptors (Lipinski definition) is 4. The van der Waals surface area contributed by atoms with Crippen molar-refractivity contribution in [3.8, 4) is 11.5 Å². The fourth-order valence-corrected chi connectivity index (χ4v) is 3.06. The summed E-state index contributed by atoms with van der Waals surface area (Å²) in [6, 6.07) is 0.582. The number of likely N-dealkylation sites (tertiary alicyclic amines) is 1. The number of aromatic amines is 1. The van der Waals surface area contributed by atoms with Gasteiger partial charge in [0.05, 0.1) is 5.69 Å². The maximum absolute atomic E-state index is 4.63. The molecule has 3 heterocycles. The van der Waals surface area contributed by atoms with Crippen molar-refractivity contribution in [2.45, 2.75) is 45.6 Å². The Morgan fingerprint density at radius 3 is 2.76 bits per heavy atom. The third-order valence-corrected chi connectivity index (χ3v) is 4.22. The lowest BCUT2D eigenvalue weighted by atomic mass is 9.92. The van der Waals surface area contributed by atoms with Gasteiger partial charge in [-0.2, -0.15) is 0 Å². The van der Waals surface area contributed by atoms with Crippen molar-refractivity contribution in [1.82, 2.24) is 24.8 Å². The van der Waals surface area contributed by atoms with Crippen LogP contribution in [0.4, 0.5) is 0 Å². The molecule has 1 N–H and O–H groups in total. The molecule has 5 heteroatoms. The van der Waals surface area contributed by atoms with Gasteiger partial charge in [0.2, 0.25) is 0 Å². The minimum Gasteiger partial charge on any atom is -0.341 e. The van der Waals surface area contributed by atoms with E-state index < -0.39 is 0 Å². The van der Waals surface area contributed by atoms with Crippen molar-refractivity contribution in [3.05, 3.63) is 30.0 Å². The molecule has 1 saturated heterocycles. The summed E-state index contributed by atoms with van der Waals surface area (Å²) in [6.45, 7) is 8.77. The van der Waals surface area contributed by atoms with Crippen LogP contribution >= 0.6 is 0 Å². The molecule has 1 atom stereocenters. The van der Waals surface area contributed by atoms with Gasteiger partial charge in [-0.3, -0.25) is 4.98 Å². The van der Waals surface area contributed by atoms with Gasteiger partial charge in [-0.1, -0.05) is 0 Å². The molecule has 0 saturated carbocycles. The Balaban J connectivity index is 1.92. The minimum absolute atomic E-state index is 0.440. The Morgan fingerprint density at radius 2 is 2.05 bits per heavy atom. The molecular formula is C16H23N5. The summed E-state index contributed by atoms with van der Waals surface area (Å²) in [6.07, 6.45) is 7.78. The number of hydrogen-bond donors (Lipinski definition) is 1. The lowest BCUT2D eigenvalue weighted by Gasteiger charge is -2.35. The van der Waals surface area contributed by atoms with Gasteiger partial charge in [0.15, 0.2) is 5.82 Å². The number of piperidine rings is 1. The molecule has 1 fully saturated rings. The molecule has 0 amide bonds. The molecule has 2 aromatic heterocycles. The van der Waals surface area contributed by atoms with E-state index in [1.165, 1.54) is 19.4 Å². The van der Waals surface area contributed by atoms with Gasteiger partial charge in [-0.05, 0) is 40.2 Å². The third-order valence-electron chi connectivity index (χ3n) is 4.22. The lowest BCUT2D eigenvalue weighted by Crippen LogP contribution is -2.39. The van der Waals surface area contributed by atoms with Gasteiger partial charge in [0.25, 0.3) is 0 Å². The SMILES string of the molecule is Cc1cnc(-c2nccnc2[C@H]2CCCN(C(C)C)C2)[nH]1. The van der Waals surface area contributed by atoms with Gasteiger partial charge in [-0.15, -0.1) is 0 Å². The molecule has 3 rings (SSSR count). The summed E-state index contributed by atoms with van der Waals surface area (Å²) in [5.74, 6) is 1.27. The van der Waals surface area contributed by atoms with Crippen LogP contribution in [0.5, 0.6) is 0 Å². The van der Waals surface area contributed by atoms with E-state index in [1.807, 2.05) is 13.1 Å². The molecule has 0 aromatic carbocycles. The zero-order valence-electron chi connectivity index (χ0n) is 13.0. The van der Waals surface area contributed by atoms with Crippen LogP contribution in [0.2, 0.25) is 0 Å². The van der Waals surface area contributed by atoms with E-state index in [0.717, 1.165) is 29.5 Å². The average Bonchev–Trinajstić information content (AvgIpc) is 2.94. The van der Waals surface area contributed by atoms with Crippen molar-refractivity contribution >= 4 is 0 Å². The highest BCUT2D eigenvalue weighted by atomic mass is 15.2. The Morgan fingerprint density at radius 1 is 1.24 bits per heavy atom. The lowest BCUT2D eigenvalue weighted by molar-refractivity contribution is 0.166. The second-order valence-electron chi connectivity index (χ2n) is 6.13. The smallest absolute Gasteiger partial charge is 0.158 e. The number of rotatable bonds is 3. The van der Waals surface area contributed by atoms with Crippen LogP contribution in [0.15, 0.2) is 18.6 Å². The van der Waals surface area contributed by atoms with Crippen LogP contribution in [-0.4, -0.2) is 44.0 Å². The molecule has 0 spiro atoms. The molecule has 21 heavy (non-hydrogen) atoms. The van der Waals surface area contributed by atoms with E-state index in [4.69, 9.17) is 0 Å². The second-order valence-corrected chi connectivity index (χ2v) is 6.13.